The van der Waals surface area contributed by atoms with Crippen molar-refractivity contribution in [2.75, 3.05) is 12.3 Å². The Bertz CT molecular complexity index is 501. The fourth-order valence-corrected chi connectivity index (χ4v) is 2.72. The third-order valence-electron chi connectivity index (χ3n) is 2.95. The molecule has 0 saturated carbocycles. The molecule has 0 aliphatic heterocycles. The summed E-state index contributed by atoms with van der Waals surface area (Å²) in [4.78, 5) is 24.8. The minimum absolute atomic E-state index is 0.0185. The van der Waals surface area contributed by atoms with Crippen LogP contribution in [0.25, 0.3) is 0 Å². The third-order valence-corrected chi connectivity index (χ3v) is 4.02. The van der Waals surface area contributed by atoms with Crippen LogP contribution in [-0.4, -0.2) is 30.2 Å². The van der Waals surface area contributed by atoms with Crippen LogP contribution in [0.4, 0.5) is 0 Å². The number of benzene rings is 1. The molecule has 0 radical (unpaired) electrons. The highest BCUT2D eigenvalue weighted by Crippen LogP contribution is 2.22. The van der Waals surface area contributed by atoms with Crippen LogP contribution in [0.2, 0.25) is 0 Å². The zero-order valence-electron chi connectivity index (χ0n) is 13.8. The van der Waals surface area contributed by atoms with Gasteiger partial charge in [-0.3, -0.25) is 9.59 Å². The first-order valence-corrected chi connectivity index (χ1v) is 8.68. The van der Waals surface area contributed by atoms with Crippen LogP contribution >= 0.6 is 11.8 Å². The van der Waals surface area contributed by atoms with Gasteiger partial charge >= 0.3 is 0 Å². The van der Waals surface area contributed by atoms with Gasteiger partial charge in [-0.05, 0) is 38.3 Å². The molecule has 0 aliphatic carbocycles. The van der Waals surface area contributed by atoms with Crippen LogP contribution in [0.1, 0.15) is 44.5 Å². The Labute approximate surface area is 137 Å². The second-order valence-electron chi connectivity index (χ2n) is 5.95. The summed E-state index contributed by atoms with van der Waals surface area (Å²) in [6, 6.07) is 7.53. The fraction of sp³-hybridized carbons (Fsp3) is 0.529. The molecule has 0 aromatic heterocycles. The molecule has 0 atom stereocenters. The van der Waals surface area contributed by atoms with Crippen molar-refractivity contribution in [1.82, 2.24) is 10.6 Å². The SMILES string of the molecule is CC(C)CCNC(=O)c1ccccc1SCC(=O)NC(C)C. The maximum Gasteiger partial charge on any atom is 0.252 e. The van der Waals surface area contributed by atoms with Crippen LogP contribution in [0.5, 0.6) is 0 Å². The lowest BCUT2D eigenvalue weighted by Gasteiger charge is -2.11. The Kier molecular flexibility index (Phi) is 8.02. The topological polar surface area (TPSA) is 58.2 Å². The predicted molar refractivity (Wildman–Crippen MR) is 92.2 cm³/mol. The molecule has 0 bridgehead atoms. The smallest absolute Gasteiger partial charge is 0.252 e. The summed E-state index contributed by atoms with van der Waals surface area (Å²) in [5.74, 6) is 0.779. The molecule has 22 heavy (non-hydrogen) atoms. The maximum atomic E-state index is 12.2. The molecule has 122 valence electrons. The molecule has 2 N–H and O–H groups in total. The molecule has 0 aliphatic rings. The molecule has 1 rings (SSSR count). The summed E-state index contributed by atoms with van der Waals surface area (Å²) in [5.41, 5.74) is 0.633. The van der Waals surface area contributed by atoms with Crippen molar-refractivity contribution in [1.29, 1.82) is 0 Å². The first-order chi connectivity index (χ1) is 10.4. The van der Waals surface area contributed by atoms with Gasteiger partial charge in [-0.15, -0.1) is 11.8 Å². The number of nitrogens with one attached hydrogen (secondary N) is 2. The standard InChI is InChI=1S/C17H26N2O2S/c1-12(2)9-10-18-17(21)14-7-5-6-8-15(14)22-11-16(20)19-13(3)4/h5-8,12-13H,9-11H2,1-4H3,(H,18,21)(H,19,20). The van der Waals surface area contributed by atoms with Gasteiger partial charge in [0.15, 0.2) is 0 Å². The zero-order chi connectivity index (χ0) is 16.5. The first kappa shape index (κ1) is 18.6. The summed E-state index contributed by atoms with van der Waals surface area (Å²) in [7, 11) is 0. The Morgan fingerprint density at radius 3 is 2.45 bits per heavy atom. The van der Waals surface area contributed by atoms with Gasteiger partial charge in [0.2, 0.25) is 5.91 Å². The highest BCUT2D eigenvalue weighted by Gasteiger charge is 2.12. The van der Waals surface area contributed by atoms with E-state index in [2.05, 4.69) is 24.5 Å². The van der Waals surface area contributed by atoms with E-state index in [4.69, 9.17) is 0 Å². The number of amides is 2. The third kappa shape index (κ3) is 6.98. The van der Waals surface area contributed by atoms with E-state index in [9.17, 15) is 9.59 Å². The number of rotatable bonds is 8. The summed E-state index contributed by atoms with van der Waals surface area (Å²) in [6.07, 6.45) is 0.956. The lowest BCUT2D eigenvalue weighted by molar-refractivity contribution is -0.119. The van der Waals surface area contributed by atoms with Gasteiger partial charge in [0.1, 0.15) is 0 Å². The minimum Gasteiger partial charge on any atom is -0.353 e. The van der Waals surface area contributed by atoms with Gasteiger partial charge in [-0.25, -0.2) is 0 Å². The number of hydrogen-bond acceptors (Lipinski definition) is 3. The van der Waals surface area contributed by atoms with Crippen molar-refractivity contribution >= 4 is 23.6 Å². The molecule has 1 aromatic rings. The van der Waals surface area contributed by atoms with Crippen molar-refractivity contribution in [2.45, 2.75) is 45.1 Å². The van der Waals surface area contributed by atoms with Crippen LogP contribution < -0.4 is 10.6 Å². The summed E-state index contributed by atoms with van der Waals surface area (Å²) in [6.45, 7) is 8.79. The first-order valence-electron chi connectivity index (χ1n) is 7.69. The number of carbonyl (C=O) groups is 2. The highest BCUT2D eigenvalue weighted by atomic mass is 32.2. The van der Waals surface area contributed by atoms with Crippen LogP contribution in [0.15, 0.2) is 29.2 Å². The lowest BCUT2D eigenvalue weighted by Crippen LogP contribution is -2.31. The second-order valence-corrected chi connectivity index (χ2v) is 6.96. The van der Waals surface area contributed by atoms with Gasteiger partial charge in [-0.1, -0.05) is 26.0 Å². The van der Waals surface area contributed by atoms with Crippen molar-refractivity contribution in [3.8, 4) is 0 Å². The van der Waals surface area contributed by atoms with E-state index in [1.807, 2.05) is 32.0 Å². The number of thioether (sulfide) groups is 1. The van der Waals surface area contributed by atoms with Crippen LogP contribution in [-0.2, 0) is 4.79 Å². The normalized spacial score (nSPS) is 10.8. The van der Waals surface area contributed by atoms with Crippen molar-refractivity contribution in [2.24, 2.45) is 5.92 Å². The van der Waals surface area contributed by atoms with E-state index in [1.165, 1.54) is 11.8 Å². The van der Waals surface area contributed by atoms with Crippen molar-refractivity contribution in [3.05, 3.63) is 29.8 Å². The monoisotopic (exact) mass is 322 g/mol. The quantitative estimate of drug-likeness (QED) is 0.723. The van der Waals surface area contributed by atoms with Gasteiger partial charge in [0.05, 0.1) is 11.3 Å². The molecule has 0 heterocycles. The average Bonchev–Trinajstić information content (AvgIpc) is 2.44. The maximum absolute atomic E-state index is 12.2. The molecule has 1 aromatic carbocycles. The van der Waals surface area contributed by atoms with Crippen LogP contribution in [0.3, 0.4) is 0 Å². The van der Waals surface area contributed by atoms with E-state index in [1.54, 1.807) is 6.07 Å². The molecular weight excluding hydrogens is 296 g/mol. The van der Waals surface area contributed by atoms with Crippen molar-refractivity contribution in [3.63, 3.8) is 0 Å². The van der Waals surface area contributed by atoms with Crippen LogP contribution in [0, 0.1) is 5.92 Å². The Morgan fingerprint density at radius 2 is 1.82 bits per heavy atom. The van der Waals surface area contributed by atoms with E-state index in [0.717, 1.165) is 11.3 Å². The highest BCUT2D eigenvalue weighted by molar-refractivity contribution is 8.00. The molecule has 2 amide bonds. The summed E-state index contributed by atoms with van der Waals surface area (Å²) in [5, 5.41) is 5.79. The lowest BCUT2D eigenvalue weighted by atomic mass is 10.1. The van der Waals surface area contributed by atoms with E-state index < -0.39 is 0 Å². The predicted octanol–water partition coefficient (Wildman–Crippen LogP) is 3.08. The largest absolute Gasteiger partial charge is 0.353 e. The Hall–Kier alpha value is -1.49. The zero-order valence-corrected chi connectivity index (χ0v) is 14.6. The summed E-state index contributed by atoms with van der Waals surface area (Å²) < 4.78 is 0. The summed E-state index contributed by atoms with van der Waals surface area (Å²) >= 11 is 1.39. The molecule has 4 nitrogen and oxygen atoms in total. The fourth-order valence-electron chi connectivity index (χ4n) is 1.86. The van der Waals surface area contributed by atoms with Crippen molar-refractivity contribution < 1.29 is 9.59 Å². The average molecular weight is 322 g/mol. The van der Waals surface area contributed by atoms with E-state index in [0.29, 0.717) is 23.8 Å². The van der Waals surface area contributed by atoms with Gasteiger partial charge in [-0.2, -0.15) is 0 Å². The van der Waals surface area contributed by atoms with Gasteiger partial charge in [0.25, 0.3) is 5.91 Å². The molecule has 0 fully saturated rings. The second kappa shape index (κ2) is 9.51. The van der Waals surface area contributed by atoms with Gasteiger partial charge in [0, 0.05) is 17.5 Å². The Morgan fingerprint density at radius 1 is 1.14 bits per heavy atom. The molecule has 0 unspecified atom stereocenters. The van der Waals surface area contributed by atoms with Gasteiger partial charge < -0.3 is 10.6 Å². The number of hydrogen-bond donors (Lipinski definition) is 2. The minimum atomic E-state index is -0.0759. The Balaban J connectivity index is 2.61. The number of carbonyl (C=O) groups excluding carboxylic acids is 2. The van der Waals surface area contributed by atoms with E-state index in [-0.39, 0.29) is 17.9 Å². The molecular formula is C17H26N2O2S. The molecule has 5 heteroatoms. The molecule has 0 saturated heterocycles. The molecule has 0 spiro atoms. The van der Waals surface area contributed by atoms with E-state index >= 15 is 0 Å².